The number of hydrogen-bond donors (Lipinski definition) is 2. The van der Waals surface area contributed by atoms with Gasteiger partial charge in [0.25, 0.3) is 0 Å². The number of aliphatic hydroxyl groups excluding tert-OH is 1. The first-order valence-corrected chi connectivity index (χ1v) is 6.67. The topological polar surface area (TPSA) is 43.7 Å². The molecule has 1 atom stereocenters. The maximum absolute atomic E-state index is 10.8. The van der Waals surface area contributed by atoms with Gasteiger partial charge in [0.1, 0.15) is 0 Å². The molecule has 3 aliphatic rings. The Morgan fingerprint density at radius 2 is 1.81 bits per heavy atom. The third-order valence-corrected chi connectivity index (χ3v) is 5.25. The van der Waals surface area contributed by atoms with Gasteiger partial charge in [-0.2, -0.15) is 0 Å². The third kappa shape index (κ3) is 1.52. The van der Waals surface area contributed by atoms with Crippen molar-refractivity contribution >= 4 is 0 Å². The predicted octanol–water partition coefficient (Wildman–Crippen LogP) is 1.24. The van der Waals surface area contributed by atoms with Crippen molar-refractivity contribution in [3.63, 3.8) is 0 Å². The SMILES string of the molecule is CCC(O)(CC)C1(CO)CN2CCC1CC2. The second-order valence-corrected chi connectivity index (χ2v) is 5.60. The largest absolute Gasteiger partial charge is 0.396 e. The summed E-state index contributed by atoms with van der Waals surface area (Å²) in [7, 11) is 0. The summed E-state index contributed by atoms with van der Waals surface area (Å²) >= 11 is 0. The Morgan fingerprint density at radius 1 is 1.25 bits per heavy atom. The van der Waals surface area contributed by atoms with E-state index in [1.807, 2.05) is 13.8 Å². The van der Waals surface area contributed by atoms with Gasteiger partial charge in [-0.05, 0) is 44.7 Å². The summed E-state index contributed by atoms with van der Waals surface area (Å²) < 4.78 is 0. The third-order valence-electron chi connectivity index (χ3n) is 5.25. The number of fused-ring (bicyclic) bond motifs is 3. The fraction of sp³-hybridized carbons (Fsp3) is 1.00. The molecule has 3 rings (SSSR count). The zero-order chi connectivity index (χ0) is 11.8. The highest BCUT2D eigenvalue weighted by Gasteiger charge is 2.56. The quantitative estimate of drug-likeness (QED) is 0.759. The molecule has 2 bridgehead atoms. The highest BCUT2D eigenvalue weighted by atomic mass is 16.3. The van der Waals surface area contributed by atoms with Crippen molar-refractivity contribution in [3.8, 4) is 0 Å². The maximum atomic E-state index is 10.8. The van der Waals surface area contributed by atoms with Crippen molar-refractivity contribution in [1.82, 2.24) is 4.90 Å². The van der Waals surface area contributed by atoms with Gasteiger partial charge in [0.2, 0.25) is 0 Å². The van der Waals surface area contributed by atoms with Crippen LogP contribution in [0.5, 0.6) is 0 Å². The van der Waals surface area contributed by atoms with Gasteiger partial charge in [0, 0.05) is 12.0 Å². The molecule has 3 nitrogen and oxygen atoms in total. The normalized spacial score (nSPS) is 39.0. The fourth-order valence-corrected chi connectivity index (χ4v) is 3.98. The summed E-state index contributed by atoms with van der Waals surface area (Å²) in [5.41, 5.74) is -0.960. The van der Waals surface area contributed by atoms with E-state index in [0.29, 0.717) is 5.92 Å². The molecule has 94 valence electrons. The zero-order valence-electron chi connectivity index (χ0n) is 10.6. The van der Waals surface area contributed by atoms with E-state index in [0.717, 1.165) is 45.3 Å². The monoisotopic (exact) mass is 227 g/mol. The molecule has 2 N–H and O–H groups in total. The van der Waals surface area contributed by atoms with Crippen molar-refractivity contribution in [2.75, 3.05) is 26.2 Å². The van der Waals surface area contributed by atoms with Crippen LogP contribution in [0.4, 0.5) is 0 Å². The number of rotatable bonds is 4. The highest BCUT2D eigenvalue weighted by molar-refractivity contribution is 5.07. The highest BCUT2D eigenvalue weighted by Crippen LogP contribution is 2.51. The summed E-state index contributed by atoms with van der Waals surface area (Å²) in [5.74, 6) is 0.507. The van der Waals surface area contributed by atoms with Crippen LogP contribution in [0.2, 0.25) is 0 Å². The molecule has 16 heavy (non-hydrogen) atoms. The lowest BCUT2D eigenvalue weighted by Gasteiger charge is -2.59. The van der Waals surface area contributed by atoms with Gasteiger partial charge in [0.15, 0.2) is 0 Å². The predicted molar refractivity (Wildman–Crippen MR) is 64.2 cm³/mol. The van der Waals surface area contributed by atoms with Crippen LogP contribution < -0.4 is 0 Å². The molecular weight excluding hydrogens is 202 g/mol. The van der Waals surface area contributed by atoms with Gasteiger partial charge >= 0.3 is 0 Å². The summed E-state index contributed by atoms with van der Waals surface area (Å²) in [4.78, 5) is 2.41. The standard InChI is InChI=1S/C13H25NO2/c1-3-13(16,4-2)12(10-15)9-14-7-5-11(12)6-8-14/h11,15-16H,3-10H2,1-2H3. The van der Waals surface area contributed by atoms with Crippen molar-refractivity contribution in [2.45, 2.75) is 45.1 Å². The molecule has 3 heteroatoms. The first-order valence-electron chi connectivity index (χ1n) is 6.67. The van der Waals surface area contributed by atoms with Crippen molar-refractivity contribution in [1.29, 1.82) is 0 Å². The second kappa shape index (κ2) is 4.28. The summed E-state index contributed by atoms with van der Waals surface area (Å²) in [6.45, 7) is 7.39. The van der Waals surface area contributed by atoms with Crippen LogP contribution in [0.3, 0.4) is 0 Å². The van der Waals surface area contributed by atoms with Gasteiger partial charge in [-0.3, -0.25) is 0 Å². The van der Waals surface area contributed by atoms with Crippen molar-refractivity contribution in [2.24, 2.45) is 11.3 Å². The Morgan fingerprint density at radius 3 is 2.12 bits per heavy atom. The van der Waals surface area contributed by atoms with E-state index in [1.165, 1.54) is 0 Å². The van der Waals surface area contributed by atoms with Gasteiger partial charge in [-0.15, -0.1) is 0 Å². The van der Waals surface area contributed by atoms with E-state index < -0.39 is 5.60 Å². The fourth-order valence-electron chi connectivity index (χ4n) is 3.98. The van der Waals surface area contributed by atoms with Gasteiger partial charge in [0.05, 0.1) is 12.2 Å². The van der Waals surface area contributed by atoms with Crippen molar-refractivity contribution < 1.29 is 10.2 Å². The van der Waals surface area contributed by atoms with E-state index in [-0.39, 0.29) is 12.0 Å². The zero-order valence-corrected chi connectivity index (χ0v) is 10.6. The van der Waals surface area contributed by atoms with E-state index in [4.69, 9.17) is 0 Å². The van der Waals surface area contributed by atoms with E-state index >= 15 is 0 Å². The summed E-state index contributed by atoms with van der Waals surface area (Å²) in [6, 6.07) is 0. The molecule has 3 saturated heterocycles. The molecule has 0 aromatic heterocycles. The Balaban J connectivity index is 2.31. The minimum Gasteiger partial charge on any atom is -0.396 e. The lowest BCUT2D eigenvalue weighted by atomic mass is 9.57. The lowest BCUT2D eigenvalue weighted by molar-refractivity contribution is -0.192. The Kier molecular flexibility index (Phi) is 3.30. The molecule has 0 amide bonds. The average molecular weight is 227 g/mol. The minimum absolute atomic E-state index is 0.131. The van der Waals surface area contributed by atoms with Crippen LogP contribution in [0.1, 0.15) is 39.5 Å². The van der Waals surface area contributed by atoms with Crippen LogP contribution in [-0.4, -0.2) is 47.0 Å². The second-order valence-electron chi connectivity index (χ2n) is 5.60. The molecular formula is C13H25NO2. The number of piperidine rings is 3. The van der Waals surface area contributed by atoms with E-state index in [2.05, 4.69) is 4.90 Å². The molecule has 0 aromatic rings. The minimum atomic E-state index is -0.689. The molecule has 0 aromatic carbocycles. The van der Waals surface area contributed by atoms with Crippen LogP contribution in [0.15, 0.2) is 0 Å². The molecule has 3 fully saturated rings. The Labute approximate surface area is 98.5 Å². The van der Waals surface area contributed by atoms with Crippen LogP contribution in [0.25, 0.3) is 0 Å². The van der Waals surface area contributed by atoms with Crippen LogP contribution in [-0.2, 0) is 0 Å². The Bertz CT molecular complexity index is 244. The van der Waals surface area contributed by atoms with Gasteiger partial charge in [-0.1, -0.05) is 13.8 Å². The molecule has 0 radical (unpaired) electrons. The smallest absolute Gasteiger partial charge is 0.0735 e. The molecule has 3 aliphatic heterocycles. The molecule has 0 spiro atoms. The number of nitrogens with zero attached hydrogens (tertiary/aromatic N) is 1. The molecule has 3 heterocycles. The van der Waals surface area contributed by atoms with Gasteiger partial charge in [-0.25, -0.2) is 0 Å². The van der Waals surface area contributed by atoms with Crippen LogP contribution >= 0.6 is 0 Å². The summed E-state index contributed by atoms with van der Waals surface area (Å²) in [5, 5.41) is 20.7. The average Bonchev–Trinajstić information content (AvgIpc) is 2.38. The summed E-state index contributed by atoms with van der Waals surface area (Å²) in [6.07, 6.45) is 3.77. The lowest BCUT2D eigenvalue weighted by Crippen LogP contribution is -2.66. The molecule has 1 unspecified atom stereocenters. The maximum Gasteiger partial charge on any atom is 0.0735 e. The van der Waals surface area contributed by atoms with E-state index in [1.54, 1.807) is 0 Å². The first-order chi connectivity index (χ1) is 7.62. The first kappa shape index (κ1) is 12.3. The van der Waals surface area contributed by atoms with E-state index in [9.17, 15) is 10.2 Å². The van der Waals surface area contributed by atoms with Gasteiger partial charge < -0.3 is 15.1 Å². The Hall–Kier alpha value is -0.120. The number of aliphatic hydroxyl groups is 2. The van der Waals surface area contributed by atoms with Crippen molar-refractivity contribution in [3.05, 3.63) is 0 Å². The molecule has 0 saturated carbocycles. The van der Waals surface area contributed by atoms with Crippen LogP contribution in [0, 0.1) is 11.3 Å². The number of hydrogen-bond acceptors (Lipinski definition) is 3. The molecule has 0 aliphatic carbocycles.